The van der Waals surface area contributed by atoms with Crippen molar-refractivity contribution in [3.63, 3.8) is 0 Å². The predicted molar refractivity (Wildman–Crippen MR) is 78.2 cm³/mol. The molecule has 0 unspecified atom stereocenters. The molecule has 0 bridgehead atoms. The second-order valence-electron chi connectivity index (χ2n) is 4.01. The van der Waals surface area contributed by atoms with E-state index < -0.39 is 0 Å². The standard InChI is InChI=1S/C13H8BrClFN3/c14-7-4-5-9(16)11(6-7)19-10-3-1-2-8(15)12(10)18-13(19)17/h1-6H,(H2,17,18). The molecular formula is C13H8BrClFN3. The van der Waals surface area contributed by atoms with Gasteiger partial charge >= 0.3 is 0 Å². The van der Waals surface area contributed by atoms with Crippen LogP contribution in [0, 0.1) is 5.82 Å². The highest BCUT2D eigenvalue weighted by molar-refractivity contribution is 9.10. The van der Waals surface area contributed by atoms with E-state index in [9.17, 15) is 4.39 Å². The molecule has 2 N–H and O–H groups in total. The van der Waals surface area contributed by atoms with E-state index >= 15 is 0 Å². The van der Waals surface area contributed by atoms with Crippen LogP contribution in [-0.4, -0.2) is 9.55 Å². The van der Waals surface area contributed by atoms with Crippen LogP contribution in [-0.2, 0) is 0 Å². The molecule has 0 saturated heterocycles. The second-order valence-corrected chi connectivity index (χ2v) is 5.33. The van der Waals surface area contributed by atoms with Crippen LogP contribution >= 0.6 is 27.5 Å². The molecule has 19 heavy (non-hydrogen) atoms. The van der Waals surface area contributed by atoms with Crippen LogP contribution < -0.4 is 5.73 Å². The average molecular weight is 341 g/mol. The summed E-state index contributed by atoms with van der Waals surface area (Å²) < 4.78 is 16.3. The third-order valence-electron chi connectivity index (χ3n) is 2.81. The summed E-state index contributed by atoms with van der Waals surface area (Å²) in [7, 11) is 0. The average Bonchev–Trinajstić information content (AvgIpc) is 2.70. The normalized spacial score (nSPS) is 11.1. The summed E-state index contributed by atoms with van der Waals surface area (Å²) in [5.74, 6) is -0.186. The number of nitrogens with zero attached hydrogens (tertiary/aromatic N) is 2. The minimum absolute atomic E-state index is 0.195. The molecule has 3 nitrogen and oxygen atoms in total. The van der Waals surface area contributed by atoms with Crippen molar-refractivity contribution in [2.75, 3.05) is 5.73 Å². The smallest absolute Gasteiger partial charge is 0.206 e. The zero-order valence-corrected chi connectivity index (χ0v) is 11.9. The molecule has 1 aromatic heterocycles. The van der Waals surface area contributed by atoms with Gasteiger partial charge in [-0.1, -0.05) is 33.6 Å². The number of para-hydroxylation sites is 1. The molecule has 0 aliphatic heterocycles. The Balaban J connectivity index is 2.39. The van der Waals surface area contributed by atoms with E-state index in [4.69, 9.17) is 17.3 Å². The monoisotopic (exact) mass is 339 g/mol. The quantitative estimate of drug-likeness (QED) is 0.723. The van der Waals surface area contributed by atoms with Crippen molar-refractivity contribution in [1.29, 1.82) is 0 Å². The Labute approximate surface area is 121 Å². The fraction of sp³-hybridized carbons (Fsp3) is 0. The van der Waals surface area contributed by atoms with E-state index in [1.807, 2.05) is 0 Å². The summed E-state index contributed by atoms with van der Waals surface area (Å²) in [5.41, 5.74) is 7.44. The van der Waals surface area contributed by atoms with Gasteiger partial charge in [0.1, 0.15) is 11.3 Å². The van der Waals surface area contributed by atoms with Crippen molar-refractivity contribution in [2.24, 2.45) is 0 Å². The lowest BCUT2D eigenvalue weighted by Crippen LogP contribution is -2.02. The van der Waals surface area contributed by atoms with Crippen molar-refractivity contribution in [1.82, 2.24) is 9.55 Å². The molecule has 0 amide bonds. The number of nitrogens with two attached hydrogens (primary N) is 1. The van der Waals surface area contributed by atoms with Crippen molar-refractivity contribution in [3.8, 4) is 5.69 Å². The molecule has 6 heteroatoms. The number of benzene rings is 2. The summed E-state index contributed by atoms with van der Waals surface area (Å²) in [6, 6.07) is 9.94. The Hall–Kier alpha value is -1.59. The van der Waals surface area contributed by atoms with Gasteiger partial charge in [-0.3, -0.25) is 4.57 Å². The van der Waals surface area contributed by atoms with Gasteiger partial charge in [-0.15, -0.1) is 0 Å². The number of nitrogen functional groups attached to an aromatic ring is 1. The highest BCUT2D eigenvalue weighted by atomic mass is 79.9. The summed E-state index contributed by atoms with van der Waals surface area (Å²) in [6.07, 6.45) is 0. The molecule has 1 heterocycles. The number of halogens is 3. The molecular weight excluding hydrogens is 333 g/mol. The Morgan fingerprint density at radius 1 is 1.26 bits per heavy atom. The van der Waals surface area contributed by atoms with Crippen molar-refractivity contribution >= 4 is 44.5 Å². The van der Waals surface area contributed by atoms with Crippen LogP contribution in [0.4, 0.5) is 10.3 Å². The minimum atomic E-state index is -0.380. The van der Waals surface area contributed by atoms with Crippen LogP contribution in [0.2, 0.25) is 5.02 Å². The maximum absolute atomic E-state index is 14.0. The molecule has 0 radical (unpaired) electrons. The van der Waals surface area contributed by atoms with Crippen LogP contribution in [0.15, 0.2) is 40.9 Å². The summed E-state index contributed by atoms with van der Waals surface area (Å²) in [6.45, 7) is 0. The van der Waals surface area contributed by atoms with E-state index in [2.05, 4.69) is 20.9 Å². The topological polar surface area (TPSA) is 43.8 Å². The van der Waals surface area contributed by atoms with E-state index in [0.29, 0.717) is 21.7 Å². The number of fused-ring (bicyclic) bond motifs is 1. The SMILES string of the molecule is Nc1nc2c(Cl)cccc2n1-c1cc(Br)ccc1F. The molecule has 0 aliphatic rings. The number of imidazole rings is 1. The maximum atomic E-state index is 14.0. The van der Waals surface area contributed by atoms with Gasteiger partial charge in [0.2, 0.25) is 5.95 Å². The number of anilines is 1. The summed E-state index contributed by atoms with van der Waals surface area (Å²) in [5, 5.41) is 0.485. The van der Waals surface area contributed by atoms with Gasteiger partial charge < -0.3 is 5.73 Å². The predicted octanol–water partition coefficient (Wildman–Crippen LogP) is 4.16. The van der Waals surface area contributed by atoms with Gasteiger partial charge in [-0.2, -0.15) is 0 Å². The highest BCUT2D eigenvalue weighted by Crippen LogP contribution is 2.30. The third kappa shape index (κ3) is 1.99. The van der Waals surface area contributed by atoms with Crippen LogP contribution in [0.5, 0.6) is 0 Å². The molecule has 0 saturated carbocycles. The maximum Gasteiger partial charge on any atom is 0.206 e. The first-order valence-corrected chi connectivity index (χ1v) is 6.63. The van der Waals surface area contributed by atoms with Gasteiger partial charge in [-0.05, 0) is 30.3 Å². The number of hydrogen-bond donors (Lipinski definition) is 1. The van der Waals surface area contributed by atoms with Crippen LogP contribution in [0.1, 0.15) is 0 Å². The molecule has 96 valence electrons. The summed E-state index contributed by atoms with van der Waals surface area (Å²) in [4.78, 5) is 4.19. The molecule has 0 aliphatic carbocycles. The Bertz CT molecular complexity index is 785. The van der Waals surface area contributed by atoms with Gasteiger partial charge in [0, 0.05) is 4.47 Å². The number of hydrogen-bond acceptors (Lipinski definition) is 2. The molecule has 3 rings (SSSR count). The third-order valence-corrected chi connectivity index (χ3v) is 3.61. The first-order chi connectivity index (χ1) is 9.08. The zero-order valence-electron chi connectivity index (χ0n) is 9.57. The van der Waals surface area contributed by atoms with Crippen molar-refractivity contribution in [3.05, 3.63) is 51.7 Å². The Morgan fingerprint density at radius 2 is 2.05 bits per heavy atom. The molecule has 0 atom stereocenters. The Morgan fingerprint density at radius 3 is 2.84 bits per heavy atom. The first-order valence-electron chi connectivity index (χ1n) is 5.46. The molecule has 3 aromatic rings. The molecule has 2 aromatic carbocycles. The minimum Gasteiger partial charge on any atom is -0.369 e. The zero-order chi connectivity index (χ0) is 13.6. The van der Waals surface area contributed by atoms with E-state index in [-0.39, 0.29) is 11.8 Å². The van der Waals surface area contributed by atoms with Gasteiger partial charge in [-0.25, -0.2) is 9.37 Å². The summed E-state index contributed by atoms with van der Waals surface area (Å²) >= 11 is 9.38. The van der Waals surface area contributed by atoms with Crippen LogP contribution in [0.25, 0.3) is 16.7 Å². The van der Waals surface area contributed by atoms with Gasteiger partial charge in [0.05, 0.1) is 16.2 Å². The largest absolute Gasteiger partial charge is 0.369 e. The van der Waals surface area contributed by atoms with E-state index in [0.717, 1.165) is 4.47 Å². The Kier molecular flexibility index (Phi) is 2.95. The fourth-order valence-corrected chi connectivity index (χ4v) is 2.55. The van der Waals surface area contributed by atoms with E-state index in [1.165, 1.54) is 6.07 Å². The lowest BCUT2D eigenvalue weighted by Gasteiger charge is -2.08. The lowest BCUT2D eigenvalue weighted by atomic mass is 10.2. The van der Waals surface area contributed by atoms with Crippen LogP contribution in [0.3, 0.4) is 0 Å². The van der Waals surface area contributed by atoms with Crippen molar-refractivity contribution < 1.29 is 4.39 Å². The fourth-order valence-electron chi connectivity index (χ4n) is 1.99. The van der Waals surface area contributed by atoms with Crippen molar-refractivity contribution in [2.45, 2.75) is 0 Å². The highest BCUT2D eigenvalue weighted by Gasteiger charge is 2.15. The lowest BCUT2D eigenvalue weighted by molar-refractivity contribution is 0.619. The number of aromatic nitrogens is 2. The molecule has 0 spiro atoms. The second kappa shape index (κ2) is 4.51. The van der Waals surface area contributed by atoms with Gasteiger partial charge in [0.25, 0.3) is 0 Å². The van der Waals surface area contributed by atoms with E-state index in [1.54, 1.807) is 34.9 Å². The van der Waals surface area contributed by atoms with Gasteiger partial charge in [0.15, 0.2) is 0 Å². The molecule has 0 fully saturated rings. The first kappa shape index (κ1) is 12.4. The number of rotatable bonds is 1.